The lowest BCUT2D eigenvalue weighted by molar-refractivity contribution is -0.274. The molecule has 1 saturated heterocycles. The van der Waals surface area contributed by atoms with Gasteiger partial charge in [0.1, 0.15) is 29.4 Å². The van der Waals surface area contributed by atoms with Gasteiger partial charge in [-0.25, -0.2) is 13.9 Å². The number of aromatic nitrogens is 3. The Morgan fingerprint density at radius 1 is 1.12 bits per heavy atom. The highest BCUT2D eigenvalue weighted by atomic mass is 19.4. The monoisotopic (exact) mass is 578 g/mol. The number of ether oxygens (including phenoxy) is 1. The molecule has 17 heteroatoms. The summed E-state index contributed by atoms with van der Waals surface area (Å²) in [7, 11) is 0. The van der Waals surface area contributed by atoms with E-state index in [0.717, 1.165) is 27.9 Å². The zero-order valence-electron chi connectivity index (χ0n) is 20.6. The molecule has 1 aromatic carbocycles. The average Bonchev–Trinajstić information content (AvgIpc) is 3.39. The van der Waals surface area contributed by atoms with Gasteiger partial charge in [0.15, 0.2) is 5.82 Å². The Kier molecular flexibility index (Phi) is 7.06. The summed E-state index contributed by atoms with van der Waals surface area (Å²) in [5, 5.41) is 15.8. The number of hydrogen-bond donors (Lipinski definition) is 3. The highest BCUT2D eigenvalue weighted by Crippen LogP contribution is 2.39. The Balaban J connectivity index is 1.75. The molecule has 10 nitrogen and oxygen atoms in total. The fourth-order valence-electron chi connectivity index (χ4n) is 4.27. The van der Waals surface area contributed by atoms with E-state index in [9.17, 15) is 45.4 Å². The van der Waals surface area contributed by atoms with Gasteiger partial charge in [0.2, 0.25) is 0 Å². The van der Waals surface area contributed by atoms with Crippen molar-refractivity contribution in [1.29, 1.82) is 0 Å². The standard InChI is InChI=1S/C23H21F7N6O4/c1-21(2,39)20(38)35-7-13(24)14(8-35)34-19(37)11-5-10(3-4-16(11)40-23(28,29)30)15-6-12(22(25,26)27)17-18(31)32-9-33-36(15)17/h3-6,9,13-14,39H,7-8H2,1-2H3,(H,34,37)(H2,31,32,33)/t13-,14+/m0/s1. The summed E-state index contributed by atoms with van der Waals surface area (Å²) >= 11 is 0. The minimum atomic E-state index is -5.25. The van der Waals surface area contributed by atoms with Crippen LogP contribution in [0.25, 0.3) is 16.8 Å². The number of fused-ring (bicyclic) bond motifs is 1. The second kappa shape index (κ2) is 9.79. The molecule has 1 fully saturated rings. The topological polar surface area (TPSA) is 135 Å². The van der Waals surface area contributed by atoms with Crippen molar-refractivity contribution in [1.82, 2.24) is 24.8 Å². The summed E-state index contributed by atoms with van der Waals surface area (Å²) in [4.78, 5) is 29.8. The minimum absolute atomic E-state index is 0.190. The maximum atomic E-state index is 14.7. The Morgan fingerprint density at radius 2 is 1.80 bits per heavy atom. The number of nitrogens with one attached hydrogen (secondary N) is 1. The highest BCUT2D eigenvalue weighted by Gasteiger charge is 2.42. The summed E-state index contributed by atoms with van der Waals surface area (Å²) < 4.78 is 99.7. The van der Waals surface area contributed by atoms with Crippen LogP contribution in [-0.4, -0.2) is 73.7 Å². The van der Waals surface area contributed by atoms with Gasteiger partial charge in [0.25, 0.3) is 11.8 Å². The van der Waals surface area contributed by atoms with E-state index in [2.05, 4.69) is 20.1 Å². The highest BCUT2D eigenvalue weighted by molar-refractivity contribution is 5.98. The molecule has 2 amide bonds. The second-order valence-electron chi connectivity index (χ2n) is 9.47. The average molecular weight is 578 g/mol. The van der Waals surface area contributed by atoms with Crippen molar-refractivity contribution in [2.24, 2.45) is 0 Å². The molecular formula is C23H21F7N6O4. The molecule has 1 aliphatic rings. The lowest BCUT2D eigenvalue weighted by Gasteiger charge is -2.24. The van der Waals surface area contributed by atoms with Crippen LogP contribution in [0.4, 0.5) is 36.6 Å². The van der Waals surface area contributed by atoms with E-state index < -0.39 is 83.5 Å². The van der Waals surface area contributed by atoms with Gasteiger partial charge in [-0.15, -0.1) is 13.2 Å². The first-order chi connectivity index (χ1) is 18.4. The number of aliphatic hydroxyl groups is 1. The predicted molar refractivity (Wildman–Crippen MR) is 124 cm³/mol. The number of likely N-dealkylation sites (tertiary alicyclic amines) is 1. The molecule has 40 heavy (non-hydrogen) atoms. The smallest absolute Gasteiger partial charge is 0.405 e. The first-order valence-corrected chi connectivity index (χ1v) is 11.4. The number of alkyl halides is 7. The molecule has 0 aliphatic carbocycles. The lowest BCUT2D eigenvalue weighted by atomic mass is 10.1. The molecular weight excluding hydrogens is 557 g/mol. The molecule has 2 aromatic heterocycles. The second-order valence-corrected chi connectivity index (χ2v) is 9.47. The predicted octanol–water partition coefficient (Wildman–Crippen LogP) is 2.95. The lowest BCUT2D eigenvalue weighted by Crippen LogP contribution is -2.46. The van der Waals surface area contributed by atoms with Crippen LogP contribution >= 0.6 is 0 Å². The normalized spacial score (nSPS) is 18.3. The number of nitrogen functional groups attached to an aromatic ring is 1. The number of hydrogen-bond acceptors (Lipinski definition) is 7. The third-order valence-electron chi connectivity index (χ3n) is 6.01. The number of benzene rings is 1. The van der Waals surface area contributed by atoms with Gasteiger partial charge in [0, 0.05) is 12.1 Å². The van der Waals surface area contributed by atoms with Gasteiger partial charge in [-0.1, -0.05) is 0 Å². The van der Waals surface area contributed by atoms with Crippen LogP contribution in [0.3, 0.4) is 0 Å². The van der Waals surface area contributed by atoms with Crippen LogP contribution in [0.15, 0.2) is 30.6 Å². The van der Waals surface area contributed by atoms with Crippen molar-refractivity contribution in [3.05, 3.63) is 41.7 Å². The van der Waals surface area contributed by atoms with Gasteiger partial charge in [-0.3, -0.25) is 9.59 Å². The molecule has 0 unspecified atom stereocenters. The quantitative estimate of drug-likeness (QED) is 0.397. The summed E-state index contributed by atoms with van der Waals surface area (Å²) in [6.45, 7) is 1.44. The van der Waals surface area contributed by atoms with Crippen molar-refractivity contribution in [3.8, 4) is 17.0 Å². The van der Waals surface area contributed by atoms with E-state index in [1.165, 1.54) is 13.8 Å². The number of halogens is 7. The number of anilines is 1. The van der Waals surface area contributed by atoms with Gasteiger partial charge in [0.05, 0.1) is 29.4 Å². The van der Waals surface area contributed by atoms with Crippen LogP contribution in [0.1, 0.15) is 29.8 Å². The molecule has 4 N–H and O–H groups in total. The Morgan fingerprint density at radius 3 is 2.40 bits per heavy atom. The Hall–Kier alpha value is -4.15. The third-order valence-corrected chi connectivity index (χ3v) is 6.01. The summed E-state index contributed by atoms with van der Waals surface area (Å²) in [5.41, 5.74) is 0.651. The summed E-state index contributed by atoms with van der Waals surface area (Å²) in [5.74, 6) is -3.64. The van der Waals surface area contributed by atoms with E-state index in [4.69, 9.17) is 5.73 Å². The van der Waals surface area contributed by atoms with E-state index in [1.807, 2.05) is 0 Å². The summed E-state index contributed by atoms with van der Waals surface area (Å²) in [6, 6.07) is 1.75. The van der Waals surface area contributed by atoms with Crippen LogP contribution < -0.4 is 15.8 Å². The number of carbonyl (C=O) groups excluding carboxylic acids is 2. The minimum Gasteiger partial charge on any atom is -0.405 e. The zero-order chi connectivity index (χ0) is 29.8. The fraction of sp³-hybridized carbons (Fsp3) is 0.391. The molecule has 0 saturated carbocycles. The van der Waals surface area contributed by atoms with E-state index in [1.54, 1.807) is 0 Å². The van der Waals surface area contributed by atoms with Gasteiger partial charge in [-0.2, -0.15) is 18.3 Å². The van der Waals surface area contributed by atoms with E-state index in [0.29, 0.717) is 12.1 Å². The summed E-state index contributed by atoms with van der Waals surface area (Å²) in [6.07, 6.45) is -11.1. The van der Waals surface area contributed by atoms with Gasteiger partial charge >= 0.3 is 12.5 Å². The number of nitrogens with zero attached hydrogens (tertiary/aromatic N) is 4. The van der Waals surface area contributed by atoms with Crippen molar-refractivity contribution < 1.29 is 50.2 Å². The van der Waals surface area contributed by atoms with Crippen molar-refractivity contribution in [2.45, 2.75) is 44.2 Å². The number of amides is 2. The van der Waals surface area contributed by atoms with Crippen molar-refractivity contribution in [3.63, 3.8) is 0 Å². The van der Waals surface area contributed by atoms with E-state index in [-0.39, 0.29) is 11.3 Å². The number of rotatable bonds is 5. The number of carbonyl (C=O) groups is 2. The number of nitrogens with two attached hydrogens (primary N) is 1. The van der Waals surface area contributed by atoms with Crippen LogP contribution in [-0.2, 0) is 11.0 Å². The van der Waals surface area contributed by atoms with Crippen molar-refractivity contribution in [2.75, 3.05) is 18.8 Å². The molecule has 2 atom stereocenters. The molecule has 0 bridgehead atoms. The molecule has 3 aromatic rings. The van der Waals surface area contributed by atoms with Gasteiger partial charge in [-0.05, 0) is 38.1 Å². The molecule has 1 aliphatic heterocycles. The molecule has 3 heterocycles. The first kappa shape index (κ1) is 28.8. The molecule has 0 radical (unpaired) electrons. The fourth-order valence-corrected chi connectivity index (χ4v) is 4.27. The SMILES string of the molecule is CC(C)(O)C(=O)N1C[C@H](F)[C@H](NC(=O)c2cc(-c3cc(C(F)(F)F)c4c(N)ncnn34)ccc2OC(F)(F)F)C1. The molecule has 216 valence electrons. The van der Waals surface area contributed by atoms with Crippen LogP contribution in [0.2, 0.25) is 0 Å². The Labute approximate surface area is 220 Å². The van der Waals surface area contributed by atoms with E-state index >= 15 is 0 Å². The van der Waals surface area contributed by atoms with Crippen LogP contribution in [0.5, 0.6) is 5.75 Å². The van der Waals surface area contributed by atoms with Gasteiger partial charge < -0.3 is 25.8 Å². The Bertz CT molecular complexity index is 1460. The zero-order valence-corrected chi connectivity index (χ0v) is 20.6. The van der Waals surface area contributed by atoms with Crippen molar-refractivity contribution >= 4 is 23.1 Å². The largest absolute Gasteiger partial charge is 0.573 e. The molecule has 4 rings (SSSR count). The maximum Gasteiger partial charge on any atom is 0.573 e. The van der Waals surface area contributed by atoms with Crippen LogP contribution in [0, 0.1) is 0 Å². The molecule has 0 spiro atoms. The first-order valence-electron chi connectivity index (χ1n) is 11.4. The maximum absolute atomic E-state index is 14.7. The third kappa shape index (κ3) is 5.73.